The molecule has 1 rings (SSSR count). The van der Waals surface area contributed by atoms with E-state index in [1.165, 1.54) is 0 Å². The van der Waals surface area contributed by atoms with Crippen LogP contribution < -0.4 is 5.32 Å². The van der Waals surface area contributed by atoms with E-state index >= 15 is 0 Å². The number of hydrogen-bond donors (Lipinski definition) is 2. The molecular weight excluding hydrogens is 274 g/mol. The molecule has 0 aliphatic rings. The molecule has 1 amide bonds. The molecule has 1 aromatic carbocycles. The standard InChI is InChI=1S/C15H21NO3S/c1-3-11(2)15(19)16-12-7-4-5-8-13(12)20-10-6-9-14(17)18/h4-5,7-8,11H,3,6,9-10H2,1-2H3,(H,16,19)(H,17,18)/t11-/m0/s1. The number of benzene rings is 1. The highest BCUT2D eigenvalue weighted by Crippen LogP contribution is 2.28. The van der Waals surface area contributed by atoms with Crippen LogP contribution in [0.1, 0.15) is 33.1 Å². The van der Waals surface area contributed by atoms with Crippen LogP contribution in [0.5, 0.6) is 0 Å². The molecule has 0 spiro atoms. The summed E-state index contributed by atoms with van der Waals surface area (Å²) >= 11 is 1.57. The van der Waals surface area contributed by atoms with Gasteiger partial charge in [0.25, 0.3) is 0 Å². The zero-order valence-corrected chi connectivity index (χ0v) is 12.7. The molecule has 2 N–H and O–H groups in total. The molecule has 110 valence electrons. The van der Waals surface area contributed by atoms with E-state index in [1.807, 2.05) is 38.1 Å². The molecule has 5 heteroatoms. The monoisotopic (exact) mass is 295 g/mol. The second-order valence-electron chi connectivity index (χ2n) is 4.64. The van der Waals surface area contributed by atoms with Gasteiger partial charge in [-0.15, -0.1) is 11.8 Å². The quantitative estimate of drug-likeness (QED) is 0.568. The smallest absolute Gasteiger partial charge is 0.303 e. The van der Waals surface area contributed by atoms with Gasteiger partial charge >= 0.3 is 5.97 Å². The number of carboxylic acids is 1. The van der Waals surface area contributed by atoms with E-state index in [-0.39, 0.29) is 18.2 Å². The van der Waals surface area contributed by atoms with Crippen LogP contribution in [-0.2, 0) is 9.59 Å². The predicted octanol–water partition coefficient (Wildman–Crippen LogP) is 3.63. The van der Waals surface area contributed by atoms with Gasteiger partial charge in [-0.1, -0.05) is 26.0 Å². The minimum absolute atomic E-state index is 0.0138. The van der Waals surface area contributed by atoms with Crippen molar-refractivity contribution in [2.75, 3.05) is 11.1 Å². The number of rotatable bonds is 8. The van der Waals surface area contributed by atoms with E-state index in [1.54, 1.807) is 11.8 Å². The Labute approximate surface area is 124 Å². The van der Waals surface area contributed by atoms with Gasteiger partial charge in [0.05, 0.1) is 5.69 Å². The molecule has 0 saturated heterocycles. The summed E-state index contributed by atoms with van der Waals surface area (Å²) in [5, 5.41) is 11.5. The Morgan fingerprint density at radius 3 is 2.70 bits per heavy atom. The molecule has 1 aromatic rings. The lowest BCUT2D eigenvalue weighted by atomic mass is 10.1. The Morgan fingerprint density at radius 1 is 1.35 bits per heavy atom. The van der Waals surface area contributed by atoms with Crippen LogP contribution in [0.25, 0.3) is 0 Å². The van der Waals surface area contributed by atoms with Gasteiger partial charge in [0.15, 0.2) is 0 Å². The lowest BCUT2D eigenvalue weighted by Crippen LogP contribution is -2.20. The van der Waals surface area contributed by atoms with Crippen molar-refractivity contribution in [3.05, 3.63) is 24.3 Å². The van der Waals surface area contributed by atoms with Gasteiger partial charge in [0.1, 0.15) is 0 Å². The second kappa shape index (κ2) is 8.64. The van der Waals surface area contributed by atoms with Gasteiger partial charge in [-0.25, -0.2) is 0 Å². The second-order valence-corrected chi connectivity index (χ2v) is 5.78. The van der Waals surface area contributed by atoms with Crippen molar-refractivity contribution in [1.82, 2.24) is 0 Å². The average molecular weight is 295 g/mol. The number of thioether (sulfide) groups is 1. The largest absolute Gasteiger partial charge is 0.481 e. The highest BCUT2D eigenvalue weighted by atomic mass is 32.2. The summed E-state index contributed by atoms with van der Waals surface area (Å²) in [6.07, 6.45) is 1.60. The number of carbonyl (C=O) groups excluding carboxylic acids is 1. The average Bonchev–Trinajstić information content (AvgIpc) is 2.44. The van der Waals surface area contributed by atoms with E-state index in [0.29, 0.717) is 6.42 Å². The van der Waals surface area contributed by atoms with Gasteiger partial charge in [0, 0.05) is 17.2 Å². The maximum Gasteiger partial charge on any atom is 0.303 e. The van der Waals surface area contributed by atoms with E-state index in [0.717, 1.165) is 22.8 Å². The minimum Gasteiger partial charge on any atom is -0.481 e. The fourth-order valence-electron chi connectivity index (χ4n) is 1.54. The van der Waals surface area contributed by atoms with Gasteiger partial charge < -0.3 is 10.4 Å². The maximum atomic E-state index is 11.9. The highest BCUT2D eigenvalue weighted by molar-refractivity contribution is 7.99. The van der Waals surface area contributed by atoms with Crippen LogP contribution in [0.4, 0.5) is 5.69 Å². The van der Waals surface area contributed by atoms with Crippen molar-refractivity contribution in [2.24, 2.45) is 5.92 Å². The fraction of sp³-hybridized carbons (Fsp3) is 0.467. The van der Waals surface area contributed by atoms with E-state index in [2.05, 4.69) is 5.32 Å². The Balaban J connectivity index is 2.59. The number of hydrogen-bond acceptors (Lipinski definition) is 3. The Hall–Kier alpha value is -1.49. The zero-order chi connectivity index (χ0) is 15.0. The number of amides is 1. The van der Waals surface area contributed by atoms with Crippen molar-refractivity contribution in [3.8, 4) is 0 Å². The van der Waals surface area contributed by atoms with Gasteiger partial charge in [-0.05, 0) is 30.7 Å². The van der Waals surface area contributed by atoms with Gasteiger partial charge in [-0.3, -0.25) is 9.59 Å². The van der Waals surface area contributed by atoms with Gasteiger partial charge in [0.2, 0.25) is 5.91 Å². The van der Waals surface area contributed by atoms with Crippen LogP contribution in [-0.4, -0.2) is 22.7 Å². The van der Waals surface area contributed by atoms with Crippen molar-refractivity contribution in [3.63, 3.8) is 0 Å². The molecule has 0 aliphatic carbocycles. The Kier molecular flexibility index (Phi) is 7.15. The lowest BCUT2D eigenvalue weighted by Gasteiger charge is -2.13. The van der Waals surface area contributed by atoms with Crippen LogP contribution in [0.15, 0.2) is 29.2 Å². The number of nitrogens with one attached hydrogen (secondary N) is 1. The SMILES string of the molecule is CC[C@H](C)C(=O)Nc1ccccc1SCCCC(=O)O. The zero-order valence-electron chi connectivity index (χ0n) is 11.9. The van der Waals surface area contributed by atoms with Crippen LogP contribution in [0, 0.1) is 5.92 Å². The number of para-hydroxylation sites is 1. The molecule has 0 bridgehead atoms. The first-order chi connectivity index (χ1) is 9.54. The first-order valence-electron chi connectivity index (χ1n) is 6.79. The molecule has 0 saturated carbocycles. The fourth-order valence-corrected chi connectivity index (χ4v) is 2.50. The Bertz CT molecular complexity index is 462. The molecule has 20 heavy (non-hydrogen) atoms. The summed E-state index contributed by atoms with van der Waals surface area (Å²) in [6.45, 7) is 3.88. The summed E-state index contributed by atoms with van der Waals surface area (Å²) in [7, 11) is 0. The first-order valence-corrected chi connectivity index (χ1v) is 7.77. The number of anilines is 1. The van der Waals surface area contributed by atoms with Crippen molar-refractivity contribution >= 4 is 29.3 Å². The molecule has 0 radical (unpaired) electrons. The molecule has 0 aliphatic heterocycles. The number of carbonyl (C=O) groups is 2. The highest BCUT2D eigenvalue weighted by Gasteiger charge is 2.12. The van der Waals surface area contributed by atoms with Gasteiger partial charge in [-0.2, -0.15) is 0 Å². The normalized spacial score (nSPS) is 11.9. The summed E-state index contributed by atoms with van der Waals surface area (Å²) < 4.78 is 0. The number of carboxylic acid groups (broad SMARTS) is 1. The van der Waals surface area contributed by atoms with Crippen molar-refractivity contribution in [1.29, 1.82) is 0 Å². The topological polar surface area (TPSA) is 66.4 Å². The third-order valence-electron chi connectivity index (χ3n) is 3.00. The molecule has 0 unspecified atom stereocenters. The summed E-state index contributed by atoms with van der Waals surface area (Å²) in [6, 6.07) is 7.61. The van der Waals surface area contributed by atoms with E-state index in [4.69, 9.17) is 5.11 Å². The molecule has 0 fully saturated rings. The van der Waals surface area contributed by atoms with Crippen LogP contribution in [0.2, 0.25) is 0 Å². The van der Waals surface area contributed by atoms with Crippen molar-refractivity contribution in [2.45, 2.75) is 38.0 Å². The molecular formula is C15H21NO3S. The molecule has 0 aromatic heterocycles. The van der Waals surface area contributed by atoms with Crippen LogP contribution >= 0.6 is 11.8 Å². The first kappa shape index (κ1) is 16.6. The molecule has 4 nitrogen and oxygen atoms in total. The predicted molar refractivity (Wildman–Crippen MR) is 82.1 cm³/mol. The minimum atomic E-state index is -0.774. The number of aliphatic carboxylic acids is 1. The maximum absolute atomic E-state index is 11.9. The van der Waals surface area contributed by atoms with Crippen LogP contribution in [0.3, 0.4) is 0 Å². The van der Waals surface area contributed by atoms with Crippen molar-refractivity contribution < 1.29 is 14.7 Å². The van der Waals surface area contributed by atoms with E-state index in [9.17, 15) is 9.59 Å². The lowest BCUT2D eigenvalue weighted by molar-refractivity contribution is -0.137. The Morgan fingerprint density at radius 2 is 2.05 bits per heavy atom. The van der Waals surface area contributed by atoms with E-state index < -0.39 is 5.97 Å². The summed E-state index contributed by atoms with van der Waals surface area (Å²) in [4.78, 5) is 23.4. The molecule has 0 heterocycles. The summed E-state index contributed by atoms with van der Waals surface area (Å²) in [5.41, 5.74) is 0.804. The summed E-state index contributed by atoms with van der Waals surface area (Å²) in [5.74, 6) is -0.0437. The third kappa shape index (κ3) is 5.65. The molecule has 1 atom stereocenters. The third-order valence-corrected chi connectivity index (χ3v) is 4.16.